The van der Waals surface area contributed by atoms with Gasteiger partial charge in [-0.3, -0.25) is 9.69 Å². The van der Waals surface area contributed by atoms with Crippen LogP contribution in [-0.2, 0) is 9.53 Å². The van der Waals surface area contributed by atoms with Crippen molar-refractivity contribution >= 4 is 12.0 Å². The molecule has 0 bridgehead atoms. The molecule has 1 heterocycles. The van der Waals surface area contributed by atoms with Crippen molar-refractivity contribution in [3.05, 3.63) is 0 Å². The highest BCUT2D eigenvalue weighted by molar-refractivity contribution is 5.82. The van der Waals surface area contributed by atoms with E-state index >= 15 is 0 Å². The molecule has 0 aromatic carbocycles. The summed E-state index contributed by atoms with van der Waals surface area (Å²) in [6.45, 7) is 15.4. The van der Waals surface area contributed by atoms with E-state index in [1.54, 1.807) is 4.90 Å². The van der Waals surface area contributed by atoms with Crippen LogP contribution in [0.4, 0.5) is 4.79 Å². The van der Waals surface area contributed by atoms with E-state index in [1.165, 1.54) is 0 Å². The molecule has 0 saturated carbocycles. The number of hydrogen-bond donors (Lipinski definition) is 1. The lowest BCUT2D eigenvalue weighted by Crippen LogP contribution is -2.52. The van der Waals surface area contributed by atoms with Gasteiger partial charge in [0.05, 0.1) is 12.6 Å². The predicted octanol–water partition coefficient (Wildman–Crippen LogP) is 2.48. The molecule has 1 fully saturated rings. The fraction of sp³-hybridized carbons (Fsp3) is 0.889. The van der Waals surface area contributed by atoms with Crippen LogP contribution in [0.5, 0.6) is 0 Å². The smallest absolute Gasteiger partial charge is 0.409 e. The van der Waals surface area contributed by atoms with Crippen molar-refractivity contribution in [2.45, 2.75) is 66.0 Å². The first kappa shape index (κ1) is 20.7. The topological polar surface area (TPSA) is 61.9 Å². The summed E-state index contributed by atoms with van der Waals surface area (Å²) >= 11 is 0. The Labute approximate surface area is 146 Å². The highest BCUT2D eigenvalue weighted by Gasteiger charge is 2.28. The number of ether oxygens (including phenoxy) is 1. The largest absolute Gasteiger partial charge is 0.449 e. The molecule has 0 aromatic heterocycles. The molecule has 0 aliphatic carbocycles. The molecule has 1 saturated heterocycles. The standard InChI is InChI=1S/C18H35N3O3/c1-7-18(5,6)19-16(22)15(4)20-9-8-10-21(12-11-20)17(23)24-13-14(2)3/h14-15H,7-13H2,1-6H3,(H,19,22). The van der Waals surface area contributed by atoms with Gasteiger partial charge in [-0.2, -0.15) is 0 Å². The minimum atomic E-state index is -0.241. The van der Waals surface area contributed by atoms with Crippen LogP contribution >= 0.6 is 0 Å². The molecular weight excluding hydrogens is 306 g/mol. The Morgan fingerprint density at radius 1 is 1.12 bits per heavy atom. The molecule has 0 aromatic rings. The van der Waals surface area contributed by atoms with Crippen LogP contribution in [0.3, 0.4) is 0 Å². The summed E-state index contributed by atoms with van der Waals surface area (Å²) in [7, 11) is 0. The van der Waals surface area contributed by atoms with Gasteiger partial charge in [0.1, 0.15) is 0 Å². The van der Waals surface area contributed by atoms with E-state index in [4.69, 9.17) is 4.74 Å². The van der Waals surface area contributed by atoms with Crippen LogP contribution in [0.1, 0.15) is 54.4 Å². The molecule has 2 amide bonds. The van der Waals surface area contributed by atoms with Gasteiger partial charge in [-0.15, -0.1) is 0 Å². The molecule has 1 rings (SSSR count). The first-order chi connectivity index (χ1) is 11.2. The summed E-state index contributed by atoms with van der Waals surface area (Å²) in [5.74, 6) is 0.390. The van der Waals surface area contributed by atoms with Crippen LogP contribution in [0.15, 0.2) is 0 Å². The van der Waals surface area contributed by atoms with Gasteiger partial charge >= 0.3 is 6.09 Å². The van der Waals surface area contributed by atoms with Gasteiger partial charge in [-0.1, -0.05) is 20.8 Å². The molecule has 6 nitrogen and oxygen atoms in total. The van der Waals surface area contributed by atoms with Gasteiger partial charge in [0.25, 0.3) is 0 Å². The van der Waals surface area contributed by atoms with E-state index in [9.17, 15) is 9.59 Å². The number of rotatable bonds is 6. The summed E-state index contributed by atoms with van der Waals surface area (Å²) in [6, 6.07) is -0.192. The Morgan fingerprint density at radius 3 is 2.38 bits per heavy atom. The monoisotopic (exact) mass is 341 g/mol. The molecule has 24 heavy (non-hydrogen) atoms. The van der Waals surface area contributed by atoms with Crippen molar-refractivity contribution in [2.75, 3.05) is 32.8 Å². The van der Waals surface area contributed by atoms with Crippen molar-refractivity contribution in [1.29, 1.82) is 0 Å². The van der Waals surface area contributed by atoms with Gasteiger partial charge in [-0.25, -0.2) is 4.79 Å². The second-order valence-corrected chi connectivity index (χ2v) is 7.75. The lowest BCUT2D eigenvalue weighted by atomic mass is 10.0. The van der Waals surface area contributed by atoms with Gasteiger partial charge in [0.2, 0.25) is 5.91 Å². The third-order valence-electron chi connectivity index (χ3n) is 4.60. The summed E-state index contributed by atoms with van der Waals surface area (Å²) in [4.78, 5) is 28.5. The van der Waals surface area contributed by atoms with Crippen LogP contribution in [0.25, 0.3) is 0 Å². The maximum Gasteiger partial charge on any atom is 0.409 e. The highest BCUT2D eigenvalue weighted by atomic mass is 16.6. The predicted molar refractivity (Wildman–Crippen MR) is 95.9 cm³/mol. The zero-order valence-electron chi connectivity index (χ0n) is 16.2. The lowest BCUT2D eigenvalue weighted by Gasteiger charge is -2.31. The molecule has 6 heteroatoms. The summed E-state index contributed by atoms with van der Waals surface area (Å²) < 4.78 is 5.31. The van der Waals surface area contributed by atoms with E-state index in [0.717, 1.165) is 19.4 Å². The summed E-state index contributed by atoms with van der Waals surface area (Å²) in [5.41, 5.74) is -0.191. The SMILES string of the molecule is CCC(C)(C)NC(=O)C(C)N1CCCN(C(=O)OCC(C)C)CC1. The first-order valence-corrected chi connectivity index (χ1v) is 9.14. The van der Waals surface area contributed by atoms with Gasteiger partial charge < -0.3 is 15.0 Å². The summed E-state index contributed by atoms with van der Waals surface area (Å²) in [5, 5.41) is 3.10. The Bertz CT molecular complexity index is 424. The molecule has 0 radical (unpaired) electrons. The minimum Gasteiger partial charge on any atom is -0.449 e. The number of nitrogens with zero attached hydrogens (tertiary/aromatic N) is 2. The van der Waals surface area contributed by atoms with Crippen molar-refractivity contribution in [3.8, 4) is 0 Å². The Balaban J connectivity index is 2.52. The number of amides is 2. The van der Waals surface area contributed by atoms with E-state index in [0.29, 0.717) is 32.2 Å². The number of hydrogen-bond acceptors (Lipinski definition) is 4. The third-order valence-corrected chi connectivity index (χ3v) is 4.60. The molecule has 1 atom stereocenters. The second-order valence-electron chi connectivity index (χ2n) is 7.75. The maximum atomic E-state index is 12.5. The number of carbonyl (C=O) groups is 2. The van der Waals surface area contributed by atoms with Crippen LogP contribution in [0, 0.1) is 5.92 Å². The molecule has 140 valence electrons. The fourth-order valence-electron chi connectivity index (χ4n) is 2.53. The van der Waals surface area contributed by atoms with Crippen LogP contribution < -0.4 is 5.32 Å². The molecule has 1 N–H and O–H groups in total. The fourth-order valence-corrected chi connectivity index (χ4v) is 2.53. The van der Waals surface area contributed by atoms with Crippen molar-refractivity contribution in [3.63, 3.8) is 0 Å². The lowest BCUT2D eigenvalue weighted by molar-refractivity contribution is -0.127. The molecule has 1 aliphatic heterocycles. The van der Waals surface area contributed by atoms with E-state index in [2.05, 4.69) is 17.1 Å². The molecular formula is C18H35N3O3. The minimum absolute atomic E-state index is 0.0534. The number of carbonyl (C=O) groups excluding carboxylic acids is 2. The van der Waals surface area contributed by atoms with Crippen molar-refractivity contribution in [2.24, 2.45) is 5.92 Å². The van der Waals surface area contributed by atoms with E-state index in [-0.39, 0.29) is 23.6 Å². The quantitative estimate of drug-likeness (QED) is 0.806. The zero-order chi connectivity index (χ0) is 18.3. The molecule has 1 unspecified atom stereocenters. The van der Waals surface area contributed by atoms with Gasteiger partial charge in [-0.05, 0) is 39.5 Å². The Hall–Kier alpha value is -1.30. The Kier molecular flexibility index (Phi) is 8.00. The second kappa shape index (κ2) is 9.25. The first-order valence-electron chi connectivity index (χ1n) is 9.14. The average Bonchev–Trinajstić information content (AvgIpc) is 2.77. The van der Waals surface area contributed by atoms with Crippen molar-refractivity contribution < 1.29 is 14.3 Å². The van der Waals surface area contributed by atoms with Gasteiger partial charge in [0.15, 0.2) is 0 Å². The van der Waals surface area contributed by atoms with Crippen LogP contribution in [-0.4, -0.2) is 66.2 Å². The number of nitrogens with one attached hydrogen (secondary N) is 1. The highest BCUT2D eigenvalue weighted by Crippen LogP contribution is 2.12. The van der Waals surface area contributed by atoms with E-state index in [1.807, 2.05) is 34.6 Å². The zero-order valence-corrected chi connectivity index (χ0v) is 16.2. The van der Waals surface area contributed by atoms with E-state index < -0.39 is 0 Å². The van der Waals surface area contributed by atoms with Crippen LogP contribution in [0.2, 0.25) is 0 Å². The normalized spacial score (nSPS) is 18.2. The molecule has 0 spiro atoms. The average molecular weight is 341 g/mol. The molecule has 1 aliphatic rings. The summed E-state index contributed by atoms with van der Waals surface area (Å²) in [6.07, 6.45) is 1.50. The third kappa shape index (κ3) is 6.67. The Morgan fingerprint density at radius 2 is 1.79 bits per heavy atom. The maximum absolute atomic E-state index is 12.5. The van der Waals surface area contributed by atoms with Crippen molar-refractivity contribution in [1.82, 2.24) is 15.1 Å². The van der Waals surface area contributed by atoms with Gasteiger partial charge in [0, 0.05) is 31.7 Å².